The molecule has 10 atom stereocenters. The molecule has 1 unspecified atom stereocenters. The molecule has 7 rings (SSSR count). The Kier molecular flexibility index (Phi) is 2.45. The molecule has 5 aliphatic heterocycles. The Labute approximate surface area is 143 Å². The van der Waals surface area contributed by atoms with Crippen LogP contribution in [0.15, 0.2) is 24.3 Å². The van der Waals surface area contributed by atoms with E-state index in [9.17, 15) is 10.2 Å². The smallest absolute Gasteiger partial charge is 0.111 e. The van der Waals surface area contributed by atoms with Gasteiger partial charge < -0.3 is 15.1 Å². The number of piperidine rings is 4. The Morgan fingerprint density at radius 1 is 1.21 bits per heavy atom. The van der Waals surface area contributed by atoms with Crippen LogP contribution in [0.25, 0.3) is 0 Å². The van der Waals surface area contributed by atoms with Gasteiger partial charge in [0.1, 0.15) is 6.23 Å². The SMILES string of the molecule is CC[C@H]1[C@@H]2C[C@H]3[C@@H]4N(C)c5ccccc5[C@]45C[C@@H]([C@H]2[C@H]5O)N3[C@@H]1O. The van der Waals surface area contributed by atoms with E-state index in [1.807, 2.05) is 0 Å². The van der Waals surface area contributed by atoms with Gasteiger partial charge in [-0.3, -0.25) is 4.90 Å². The van der Waals surface area contributed by atoms with Crippen LogP contribution in [0.2, 0.25) is 0 Å². The molecular formula is C20H26N2O2. The van der Waals surface area contributed by atoms with Gasteiger partial charge in [0.15, 0.2) is 0 Å². The van der Waals surface area contributed by atoms with E-state index >= 15 is 0 Å². The maximum Gasteiger partial charge on any atom is 0.111 e. The molecule has 4 heteroatoms. The van der Waals surface area contributed by atoms with Gasteiger partial charge in [0, 0.05) is 42.1 Å². The van der Waals surface area contributed by atoms with E-state index in [1.165, 1.54) is 11.3 Å². The molecule has 4 saturated heterocycles. The second-order valence-electron chi connectivity index (χ2n) is 8.81. The summed E-state index contributed by atoms with van der Waals surface area (Å²) in [5.41, 5.74) is 2.51. The molecule has 5 fully saturated rings. The third-order valence-corrected chi connectivity index (χ3v) is 8.46. The fourth-order valence-corrected chi connectivity index (χ4v) is 7.88. The first-order valence-corrected chi connectivity index (χ1v) is 9.57. The normalized spacial score (nSPS) is 55.8. The fourth-order valence-electron chi connectivity index (χ4n) is 7.88. The van der Waals surface area contributed by atoms with Crippen molar-refractivity contribution in [2.45, 2.75) is 62.1 Å². The van der Waals surface area contributed by atoms with Gasteiger partial charge in [0.2, 0.25) is 0 Å². The van der Waals surface area contributed by atoms with E-state index in [0.29, 0.717) is 35.9 Å². The predicted octanol–water partition coefficient (Wildman–Crippen LogP) is 1.55. The zero-order chi connectivity index (χ0) is 16.4. The highest BCUT2D eigenvalue weighted by molar-refractivity contribution is 5.67. The molecule has 6 aliphatic rings. The monoisotopic (exact) mass is 326 g/mol. The first-order chi connectivity index (χ1) is 11.6. The molecule has 4 nitrogen and oxygen atoms in total. The van der Waals surface area contributed by atoms with Crippen molar-refractivity contribution in [1.82, 2.24) is 4.90 Å². The molecule has 5 heterocycles. The van der Waals surface area contributed by atoms with Crippen molar-refractivity contribution in [2.24, 2.45) is 17.8 Å². The molecule has 1 aromatic carbocycles. The van der Waals surface area contributed by atoms with Crippen LogP contribution in [0.5, 0.6) is 0 Å². The minimum atomic E-state index is -0.319. The number of rotatable bonds is 1. The van der Waals surface area contributed by atoms with E-state index in [2.05, 4.69) is 48.0 Å². The minimum absolute atomic E-state index is 0.126. The van der Waals surface area contributed by atoms with Crippen LogP contribution in [0.3, 0.4) is 0 Å². The van der Waals surface area contributed by atoms with Crippen LogP contribution in [-0.4, -0.2) is 52.6 Å². The van der Waals surface area contributed by atoms with E-state index in [0.717, 1.165) is 19.3 Å². The van der Waals surface area contributed by atoms with Crippen molar-refractivity contribution in [1.29, 1.82) is 0 Å². The molecule has 5 bridgehead atoms. The summed E-state index contributed by atoms with van der Waals surface area (Å²) in [6.07, 6.45) is 2.56. The summed E-state index contributed by atoms with van der Waals surface area (Å²) in [7, 11) is 2.19. The number of nitrogens with zero attached hydrogens (tertiary/aromatic N) is 2. The van der Waals surface area contributed by atoms with Gasteiger partial charge in [-0.15, -0.1) is 0 Å². The highest BCUT2D eigenvalue weighted by atomic mass is 16.3. The van der Waals surface area contributed by atoms with Crippen molar-refractivity contribution in [3.8, 4) is 0 Å². The molecule has 0 aromatic heterocycles. The molecule has 1 spiro atoms. The summed E-state index contributed by atoms with van der Waals surface area (Å²) in [5, 5.41) is 22.6. The van der Waals surface area contributed by atoms with Crippen molar-refractivity contribution in [3.63, 3.8) is 0 Å². The van der Waals surface area contributed by atoms with E-state index in [-0.39, 0.29) is 17.7 Å². The third kappa shape index (κ3) is 1.20. The number of para-hydroxylation sites is 1. The lowest BCUT2D eigenvalue weighted by Crippen LogP contribution is -2.72. The zero-order valence-corrected chi connectivity index (χ0v) is 14.3. The summed E-state index contributed by atoms with van der Waals surface area (Å²) in [5.74, 6) is 1.14. The molecule has 2 N–H and O–H groups in total. The lowest BCUT2D eigenvalue weighted by Gasteiger charge is -2.62. The van der Waals surface area contributed by atoms with Crippen LogP contribution >= 0.6 is 0 Å². The molecule has 0 radical (unpaired) electrons. The van der Waals surface area contributed by atoms with E-state index in [4.69, 9.17) is 0 Å². The Morgan fingerprint density at radius 2 is 2.00 bits per heavy atom. The Balaban J connectivity index is 1.60. The van der Waals surface area contributed by atoms with Crippen molar-refractivity contribution < 1.29 is 10.2 Å². The van der Waals surface area contributed by atoms with Crippen LogP contribution in [0.1, 0.15) is 31.7 Å². The molecule has 24 heavy (non-hydrogen) atoms. The number of aliphatic hydroxyl groups is 2. The number of anilines is 1. The number of hydrogen-bond acceptors (Lipinski definition) is 4. The van der Waals surface area contributed by atoms with Gasteiger partial charge in [0.25, 0.3) is 0 Å². The third-order valence-electron chi connectivity index (χ3n) is 8.46. The second kappa shape index (κ2) is 4.17. The summed E-state index contributed by atoms with van der Waals surface area (Å²) in [4.78, 5) is 4.83. The highest BCUT2D eigenvalue weighted by Crippen LogP contribution is 2.68. The van der Waals surface area contributed by atoms with E-state index in [1.54, 1.807) is 0 Å². The van der Waals surface area contributed by atoms with Gasteiger partial charge in [-0.05, 0) is 36.8 Å². The molecule has 1 saturated carbocycles. The number of aliphatic hydroxyl groups excluding tert-OH is 2. The Bertz CT molecular complexity index is 723. The van der Waals surface area contributed by atoms with Crippen molar-refractivity contribution >= 4 is 5.69 Å². The fraction of sp³-hybridized carbons (Fsp3) is 0.700. The molecule has 128 valence electrons. The van der Waals surface area contributed by atoms with Gasteiger partial charge in [0.05, 0.1) is 12.1 Å². The zero-order valence-electron chi connectivity index (χ0n) is 14.3. The van der Waals surface area contributed by atoms with Crippen LogP contribution in [0, 0.1) is 17.8 Å². The van der Waals surface area contributed by atoms with E-state index < -0.39 is 0 Å². The first-order valence-electron chi connectivity index (χ1n) is 9.57. The lowest BCUT2D eigenvalue weighted by molar-refractivity contribution is -0.211. The van der Waals surface area contributed by atoms with Crippen LogP contribution < -0.4 is 4.90 Å². The number of likely N-dealkylation sites (N-methyl/N-ethyl adjacent to an activating group) is 1. The average Bonchev–Trinajstić information content (AvgIpc) is 2.97. The molecule has 1 aliphatic carbocycles. The van der Waals surface area contributed by atoms with Gasteiger partial charge in [-0.2, -0.15) is 0 Å². The second-order valence-corrected chi connectivity index (χ2v) is 8.81. The van der Waals surface area contributed by atoms with Crippen molar-refractivity contribution in [2.75, 3.05) is 11.9 Å². The number of fused-ring (bicyclic) bond motifs is 2. The van der Waals surface area contributed by atoms with Gasteiger partial charge in [-0.25, -0.2) is 0 Å². The largest absolute Gasteiger partial charge is 0.392 e. The topological polar surface area (TPSA) is 46.9 Å². The summed E-state index contributed by atoms with van der Waals surface area (Å²) >= 11 is 0. The number of benzene rings is 1. The standard InChI is InChI=1S/C20H26N2O2/c1-3-10-11-8-14-17-20(12-6-4-5-7-13(12)21(17)2)9-15(16(11)18(20)23)22(14)19(10)24/h4-7,10-11,14-19,23-24H,3,8-9H2,1-2H3/t10-,11-,14-,15-,16-,17-,18+,19+,20+/m0/s1. The maximum absolute atomic E-state index is 11.6. The van der Waals surface area contributed by atoms with Gasteiger partial charge in [-0.1, -0.05) is 25.1 Å². The quantitative estimate of drug-likeness (QED) is 0.822. The van der Waals surface area contributed by atoms with Gasteiger partial charge >= 0.3 is 0 Å². The Hall–Kier alpha value is -1.10. The molecular weight excluding hydrogens is 300 g/mol. The first kappa shape index (κ1) is 14.1. The number of hydrogen-bond donors (Lipinski definition) is 2. The summed E-state index contributed by atoms with van der Waals surface area (Å²) < 4.78 is 0. The highest BCUT2D eigenvalue weighted by Gasteiger charge is 2.76. The summed E-state index contributed by atoms with van der Waals surface area (Å²) in [6, 6.07) is 9.70. The molecule has 1 aromatic rings. The minimum Gasteiger partial charge on any atom is -0.392 e. The summed E-state index contributed by atoms with van der Waals surface area (Å²) in [6.45, 7) is 2.19. The maximum atomic E-state index is 11.6. The average molecular weight is 326 g/mol. The Morgan fingerprint density at radius 3 is 2.79 bits per heavy atom. The van der Waals surface area contributed by atoms with Crippen molar-refractivity contribution in [3.05, 3.63) is 29.8 Å². The molecule has 0 amide bonds. The van der Waals surface area contributed by atoms with Crippen LogP contribution in [-0.2, 0) is 5.41 Å². The predicted molar refractivity (Wildman–Crippen MR) is 91.7 cm³/mol. The van der Waals surface area contributed by atoms with Crippen LogP contribution in [0.4, 0.5) is 5.69 Å². The lowest BCUT2D eigenvalue weighted by atomic mass is 9.62.